The average Bonchev–Trinajstić information content (AvgIpc) is 3.18. The summed E-state index contributed by atoms with van der Waals surface area (Å²) in [5.74, 6) is 1.15. The van der Waals surface area contributed by atoms with Gasteiger partial charge in [-0.15, -0.1) is 0 Å². The SMILES string of the molecule is Cc1cc(NC(=O)CCN2CCCC[C@@H]2Cn2cccn2)no1. The summed E-state index contributed by atoms with van der Waals surface area (Å²) in [6, 6.07) is 4.12. The fraction of sp³-hybridized carbons (Fsp3) is 0.562. The van der Waals surface area contributed by atoms with Crippen LogP contribution in [0, 0.1) is 6.92 Å². The van der Waals surface area contributed by atoms with Crippen molar-refractivity contribution < 1.29 is 9.32 Å². The Balaban J connectivity index is 1.49. The van der Waals surface area contributed by atoms with Crippen molar-refractivity contribution in [2.75, 3.05) is 18.4 Å². The molecule has 3 rings (SSSR count). The van der Waals surface area contributed by atoms with Gasteiger partial charge in [-0.1, -0.05) is 11.6 Å². The number of hydrogen-bond acceptors (Lipinski definition) is 5. The lowest BCUT2D eigenvalue weighted by Gasteiger charge is -2.35. The Hall–Kier alpha value is -2.15. The van der Waals surface area contributed by atoms with E-state index < -0.39 is 0 Å². The van der Waals surface area contributed by atoms with E-state index in [1.54, 1.807) is 19.2 Å². The molecular formula is C16H23N5O2. The molecule has 1 N–H and O–H groups in total. The molecule has 7 heteroatoms. The second kappa shape index (κ2) is 7.41. The summed E-state index contributed by atoms with van der Waals surface area (Å²) >= 11 is 0. The number of hydrogen-bond donors (Lipinski definition) is 1. The molecule has 7 nitrogen and oxygen atoms in total. The first-order valence-corrected chi connectivity index (χ1v) is 8.15. The van der Waals surface area contributed by atoms with E-state index in [1.165, 1.54) is 12.8 Å². The lowest BCUT2D eigenvalue weighted by molar-refractivity contribution is -0.116. The van der Waals surface area contributed by atoms with Gasteiger partial charge in [-0.05, 0) is 32.4 Å². The first-order valence-electron chi connectivity index (χ1n) is 8.15. The highest BCUT2D eigenvalue weighted by atomic mass is 16.5. The maximum atomic E-state index is 12.1. The lowest BCUT2D eigenvalue weighted by Crippen LogP contribution is -2.43. The average molecular weight is 317 g/mol. The van der Waals surface area contributed by atoms with Crippen LogP contribution in [0.25, 0.3) is 0 Å². The number of aromatic nitrogens is 3. The van der Waals surface area contributed by atoms with Crippen LogP contribution in [0.15, 0.2) is 29.0 Å². The Morgan fingerprint density at radius 1 is 1.48 bits per heavy atom. The zero-order valence-electron chi connectivity index (χ0n) is 13.4. The van der Waals surface area contributed by atoms with Crippen LogP contribution in [0.1, 0.15) is 31.4 Å². The monoisotopic (exact) mass is 317 g/mol. The van der Waals surface area contributed by atoms with Gasteiger partial charge < -0.3 is 9.84 Å². The molecule has 23 heavy (non-hydrogen) atoms. The lowest BCUT2D eigenvalue weighted by atomic mass is 10.0. The van der Waals surface area contributed by atoms with Gasteiger partial charge in [-0.3, -0.25) is 14.4 Å². The van der Waals surface area contributed by atoms with Crippen LogP contribution in [0.3, 0.4) is 0 Å². The topological polar surface area (TPSA) is 76.2 Å². The molecule has 3 heterocycles. The van der Waals surface area contributed by atoms with Crippen LogP contribution in [-0.2, 0) is 11.3 Å². The number of amides is 1. The third kappa shape index (κ3) is 4.41. The zero-order valence-corrected chi connectivity index (χ0v) is 13.4. The van der Waals surface area contributed by atoms with E-state index in [2.05, 4.69) is 20.5 Å². The number of carbonyl (C=O) groups excluding carboxylic acids is 1. The molecular weight excluding hydrogens is 294 g/mol. The van der Waals surface area contributed by atoms with Crippen LogP contribution in [-0.4, -0.2) is 44.9 Å². The van der Waals surface area contributed by atoms with Gasteiger partial charge in [0, 0.05) is 37.5 Å². The van der Waals surface area contributed by atoms with Crippen LogP contribution < -0.4 is 5.32 Å². The van der Waals surface area contributed by atoms with E-state index in [4.69, 9.17) is 4.52 Å². The Kier molecular flexibility index (Phi) is 5.07. The molecule has 0 saturated carbocycles. The van der Waals surface area contributed by atoms with E-state index >= 15 is 0 Å². The van der Waals surface area contributed by atoms with Crippen molar-refractivity contribution in [3.05, 3.63) is 30.3 Å². The summed E-state index contributed by atoms with van der Waals surface area (Å²) < 4.78 is 6.92. The second-order valence-corrected chi connectivity index (χ2v) is 6.03. The Bertz CT molecular complexity index is 622. The van der Waals surface area contributed by atoms with E-state index in [0.29, 0.717) is 24.0 Å². The molecule has 0 spiro atoms. The summed E-state index contributed by atoms with van der Waals surface area (Å²) in [6.07, 6.45) is 7.85. The molecule has 1 amide bonds. The third-order valence-electron chi connectivity index (χ3n) is 4.23. The van der Waals surface area contributed by atoms with E-state index in [-0.39, 0.29) is 5.91 Å². The summed E-state index contributed by atoms with van der Waals surface area (Å²) in [5.41, 5.74) is 0. The van der Waals surface area contributed by atoms with E-state index in [0.717, 1.165) is 26.1 Å². The van der Waals surface area contributed by atoms with Crippen LogP contribution in [0.5, 0.6) is 0 Å². The van der Waals surface area contributed by atoms with Crippen LogP contribution >= 0.6 is 0 Å². The number of anilines is 1. The highest BCUT2D eigenvalue weighted by Crippen LogP contribution is 2.19. The predicted octanol–water partition coefficient (Wildman–Crippen LogP) is 2.06. The van der Waals surface area contributed by atoms with Crippen molar-refractivity contribution in [2.24, 2.45) is 0 Å². The smallest absolute Gasteiger partial charge is 0.226 e. The number of aryl methyl sites for hydroxylation is 1. The molecule has 1 saturated heterocycles. The largest absolute Gasteiger partial charge is 0.360 e. The number of nitrogens with zero attached hydrogens (tertiary/aromatic N) is 4. The maximum absolute atomic E-state index is 12.1. The minimum atomic E-state index is -0.0262. The third-order valence-corrected chi connectivity index (χ3v) is 4.23. The summed E-state index contributed by atoms with van der Waals surface area (Å²) in [7, 11) is 0. The van der Waals surface area contributed by atoms with Gasteiger partial charge in [0.1, 0.15) is 5.76 Å². The Morgan fingerprint density at radius 3 is 3.13 bits per heavy atom. The van der Waals surface area contributed by atoms with Gasteiger partial charge in [0.2, 0.25) is 5.91 Å². The highest BCUT2D eigenvalue weighted by molar-refractivity contribution is 5.89. The summed E-state index contributed by atoms with van der Waals surface area (Å²) in [4.78, 5) is 14.5. The van der Waals surface area contributed by atoms with Gasteiger partial charge >= 0.3 is 0 Å². The quantitative estimate of drug-likeness (QED) is 0.882. The molecule has 1 atom stereocenters. The van der Waals surface area contributed by atoms with Crippen LogP contribution in [0.2, 0.25) is 0 Å². The molecule has 0 radical (unpaired) electrons. The predicted molar refractivity (Wildman–Crippen MR) is 85.9 cm³/mol. The Morgan fingerprint density at radius 2 is 2.39 bits per heavy atom. The molecule has 0 aromatic carbocycles. The molecule has 2 aromatic rings. The fourth-order valence-corrected chi connectivity index (χ4v) is 3.06. The minimum Gasteiger partial charge on any atom is -0.360 e. The summed E-state index contributed by atoms with van der Waals surface area (Å²) in [5, 5.41) is 10.8. The van der Waals surface area contributed by atoms with Gasteiger partial charge in [-0.2, -0.15) is 5.10 Å². The van der Waals surface area contributed by atoms with Gasteiger partial charge in [0.05, 0.1) is 6.54 Å². The number of piperidine rings is 1. The number of carbonyl (C=O) groups is 1. The first-order chi connectivity index (χ1) is 11.2. The van der Waals surface area contributed by atoms with Gasteiger partial charge in [0.25, 0.3) is 0 Å². The molecule has 1 fully saturated rings. The van der Waals surface area contributed by atoms with Crippen molar-refractivity contribution >= 4 is 11.7 Å². The number of nitrogens with one attached hydrogen (secondary N) is 1. The molecule has 0 unspecified atom stereocenters. The molecule has 2 aromatic heterocycles. The maximum Gasteiger partial charge on any atom is 0.226 e. The Labute approximate surface area is 135 Å². The second-order valence-electron chi connectivity index (χ2n) is 6.03. The summed E-state index contributed by atoms with van der Waals surface area (Å²) in [6.45, 7) is 4.49. The normalized spacial score (nSPS) is 18.9. The molecule has 124 valence electrons. The number of rotatable bonds is 6. The van der Waals surface area contributed by atoms with Gasteiger partial charge in [-0.25, -0.2) is 0 Å². The van der Waals surface area contributed by atoms with E-state index in [9.17, 15) is 4.79 Å². The molecule has 1 aliphatic heterocycles. The zero-order chi connectivity index (χ0) is 16.1. The highest BCUT2D eigenvalue weighted by Gasteiger charge is 2.23. The number of likely N-dealkylation sites (tertiary alicyclic amines) is 1. The van der Waals surface area contributed by atoms with Crippen LogP contribution in [0.4, 0.5) is 5.82 Å². The first kappa shape index (κ1) is 15.7. The molecule has 0 bridgehead atoms. The standard InChI is InChI=1S/C16H23N5O2/c1-13-11-15(19-23-13)18-16(22)6-10-20-8-3-2-5-14(20)12-21-9-4-7-17-21/h4,7,9,11,14H,2-3,5-6,8,10,12H2,1H3,(H,18,19,22)/t14-/m1/s1. The molecule has 1 aliphatic rings. The van der Waals surface area contributed by atoms with Gasteiger partial charge in [0.15, 0.2) is 5.82 Å². The van der Waals surface area contributed by atoms with Crippen molar-refractivity contribution in [2.45, 2.75) is 45.2 Å². The fourth-order valence-electron chi connectivity index (χ4n) is 3.06. The molecule has 0 aliphatic carbocycles. The van der Waals surface area contributed by atoms with Crippen molar-refractivity contribution in [1.29, 1.82) is 0 Å². The van der Waals surface area contributed by atoms with E-state index in [1.807, 2.05) is 16.9 Å². The van der Waals surface area contributed by atoms with Crippen molar-refractivity contribution in [1.82, 2.24) is 19.8 Å². The van der Waals surface area contributed by atoms with Crippen molar-refractivity contribution in [3.8, 4) is 0 Å². The van der Waals surface area contributed by atoms with Crippen molar-refractivity contribution in [3.63, 3.8) is 0 Å². The minimum absolute atomic E-state index is 0.0262.